The van der Waals surface area contributed by atoms with E-state index in [0.717, 1.165) is 129 Å². The molecule has 0 N–H and O–H groups in total. The van der Waals surface area contributed by atoms with Crippen molar-refractivity contribution in [1.29, 1.82) is 5.26 Å². The molecule has 2 aliphatic rings. The average molecular weight is 1150 g/mol. The van der Waals surface area contributed by atoms with E-state index in [2.05, 4.69) is 360 Å². The predicted octanol–water partition coefficient (Wildman–Crippen LogP) is 20.8. The van der Waals surface area contributed by atoms with Gasteiger partial charge in [-0.25, -0.2) is 0 Å². The third-order valence-electron chi connectivity index (χ3n) is 17.8. The predicted molar refractivity (Wildman–Crippen MR) is 378 cm³/mol. The molecule has 0 radical (unpaired) electrons. The van der Waals surface area contributed by atoms with E-state index in [1.165, 1.54) is 16.4 Å². The minimum Gasteiger partial charge on any atom is -0.311 e. The first-order chi connectivity index (χ1) is 44.6. The molecule has 0 aromatic heterocycles. The molecule has 2 heterocycles. The van der Waals surface area contributed by atoms with E-state index in [9.17, 15) is 5.26 Å². The van der Waals surface area contributed by atoms with Crippen molar-refractivity contribution in [3.63, 3.8) is 0 Å². The van der Waals surface area contributed by atoms with Crippen LogP contribution in [-0.4, -0.2) is 6.71 Å². The summed E-state index contributed by atoms with van der Waals surface area (Å²) in [6, 6.07) is 128. The quantitative estimate of drug-likeness (QED) is 0.114. The van der Waals surface area contributed by atoms with Crippen LogP contribution in [0.1, 0.15) is 5.56 Å². The highest BCUT2D eigenvalue weighted by Gasteiger charge is 2.45. The van der Waals surface area contributed by atoms with Crippen LogP contribution in [-0.2, 0) is 0 Å². The molecule has 5 heteroatoms. The molecule has 0 fully saturated rings. The highest BCUT2D eigenvalue weighted by Crippen LogP contribution is 2.51. The first-order valence-electron chi connectivity index (χ1n) is 30.7. The summed E-state index contributed by atoms with van der Waals surface area (Å²) in [6.07, 6.45) is 0. The largest absolute Gasteiger partial charge is 0.311 e. The van der Waals surface area contributed by atoms with Crippen LogP contribution >= 0.6 is 0 Å². The lowest BCUT2D eigenvalue weighted by atomic mass is 9.33. The maximum atomic E-state index is 10.6. The summed E-state index contributed by atoms with van der Waals surface area (Å²) in [5.74, 6) is 0. The Morgan fingerprint density at radius 3 is 1.11 bits per heavy atom. The molecular weight excluding hydrogens is 1090 g/mol. The summed E-state index contributed by atoms with van der Waals surface area (Å²) in [7, 11) is 0. The zero-order valence-corrected chi connectivity index (χ0v) is 49.3. The second kappa shape index (κ2) is 23.0. The maximum Gasteiger partial charge on any atom is 0.252 e. The Labute approximate surface area is 526 Å². The molecule has 0 unspecified atom stereocenters. The zero-order chi connectivity index (χ0) is 59.9. The van der Waals surface area contributed by atoms with Crippen LogP contribution in [0.5, 0.6) is 0 Å². The second-order valence-electron chi connectivity index (χ2n) is 23.2. The highest BCUT2D eigenvalue weighted by molar-refractivity contribution is 7.00. The van der Waals surface area contributed by atoms with E-state index in [1.807, 2.05) is 6.07 Å². The van der Waals surface area contributed by atoms with Gasteiger partial charge >= 0.3 is 0 Å². The lowest BCUT2D eigenvalue weighted by Gasteiger charge is -2.45. The van der Waals surface area contributed by atoms with Gasteiger partial charge in [0.05, 0.1) is 17.3 Å². The van der Waals surface area contributed by atoms with Crippen molar-refractivity contribution in [3.05, 3.63) is 351 Å². The number of hydrogen-bond donors (Lipinski definition) is 0. The number of fused-ring (bicyclic) bond motifs is 4. The van der Waals surface area contributed by atoms with Gasteiger partial charge in [0.25, 0.3) is 6.71 Å². The van der Waals surface area contributed by atoms with E-state index >= 15 is 0 Å². The van der Waals surface area contributed by atoms with Crippen molar-refractivity contribution in [1.82, 2.24) is 0 Å². The van der Waals surface area contributed by atoms with Crippen molar-refractivity contribution < 1.29 is 0 Å². The van der Waals surface area contributed by atoms with Gasteiger partial charge in [0.2, 0.25) is 0 Å². The summed E-state index contributed by atoms with van der Waals surface area (Å²) < 4.78 is 0. The second-order valence-corrected chi connectivity index (χ2v) is 23.2. The first kappa shape index (κ1) is 53.5. The lowest BCUT2D eigenvalue weighted by molar-refractivity contribution is 1.24. The Morgan fingerprint density at radius 1 is 0.256 bits per heavy atom. The van der Waals surface area contributed by atoms with Crippen molar-refractivity contribution >= 4 is 74.3 Å². The molecule has 14 aromatic rings. The molecule has 420 valence electrons. The Morgan fingerprint density at radius 2 is 0.633 bits per heavy atom. The summed E-state index contributed by atoms with van der Waals surface area (Å²) >= 11 is 0. The summed E-state index contributed by atoms with van der Waals surface area (Å²) in [5.41, 5.74) is 29.0. The number of hydrogen-bond acceptors (Lipinski definition) is 4. The maximum absolute atomic E-state index is 10.6. The molecule has 4 nitrogen and oxygen atoms in total. The molecule has 90 heavy (non-hydrogen) atoms. The van der Waals surface area contributed by atoms with Gasteiger partial charge in [0.1, 0.15) is 0 Å². The number of nitriles is 1. The van der Waals surface area contributed by atoms with E-state index in [4.69, 9.17) is 0 Å². The smallest absolute Gasteiger partial charge is 0.252 e. The van der Waals surface area contributed by atoms with Gasteiger partial charge in [0, 0.05) is 51.1 Å². The molecule has 2 aliphatic heterocycles. The third kappa shape index (κ3) is 9.80. The molecule has 14 aromatic carbocycles. The number of anilines is 9. The standard InChI is InChI=1S/C85H57BN4/c87-58-59-42-47-80(77(48-59)66-36-20-7-21-37-66)90-81-54-69(62-28-12-3-13-29-62)43-45-78(81)86-79-46-44-75(88(73-40-22-38-67(50-73)60-24-8-1-9-25-60)74-41-23-39-68(51-74)61-26-10-2-11-27-61)57-82(79)89(83-55-72(56-84(90)85(83)86)65-34-18-6-19-35-65)76-52-70(63-30-14-4-15-31-63)49-71(53-76)64-32-16-5-17-33-64/h1-57H. The minimum absolute atomic E-state index is 0.225. The third-order valence-corrected chi connectivity index (χ3v) is 17.8. The Balaban J connectivity index is 1.02. The number of rotatable bonds is 12. The van der Waals surface area contributed by atoms with E-state index in [0.29, 0.717) is 5.56 Å². The van der Waals surface area contributed by atoms with Gasteiger partial charge in [-0.1, -0.05) is 255 Å². The summed E-state index contributed by atoms with van der Waals surface area (Å²) in [6.45, 7) is -0.225. The Hall–Kier alpha value is -12.0. The van der Waals surface area contributed by atoms with Gasteiger partial charge in [-0.3, -0.25) is 0 Å². The van der Waals surface area contributed by atoms with Crippen LogP contribution in [0.3, 0.4) is 0 Å². The van der Waals surface area contributed by atoms with Gasteiger partial charge in [-0.05, 0) is 180 Å². The number of nitrogens with zero attached hydrogens (tertiary/aromatic N) is 4. The molecule has 0 aliphatic carbocycles. The fourth-order valence-electron chi connectivity index (χ4n) is 13.6. The van der Waals surface area contributed by atoms with Crippen LogP contribution in [0.4, 0.5) is 51.2 Å². The Bertz CT molecular complexity index is 4870. The van der Waals surface area contributed by atoms with Crippen molar-refractivity contribution in [2.24, 2.45) is 0 Å². The fourth-order valence-corrected chi connectivity index (χ4v) is 13.6. The van der Waals surface area contributed by atoms with Crippen molar-refractivity contribution in [2.75, 3.05) is 14.7 Å². The molecule has 0 saturated heterocycles. The molecule has 0 saturated carbocycles. The Kier molecular flexibility index (Phi) is 13.7. The molecule has 16 rings (SSSR count). The SMILES string of the molecule is N#Cc1ccc(N2c3cc(-c4ccccc4)ccc3B3c4ccc(N(c5cccc(-c6ccccc6)c5)c5cccc(-c6ccccc6)c5)cc4N(c4cc(-c5ccccc5)cc(-c5ccccc5)c4)c4cc(-c5ccccc5)cc2c43)c(-c2ccccc2)c1. The summed E-state index contributed by atoms with van der Waals surface area (Å²) in [4.78, 5) is 7.51. The number of benzene rings is 14. The normalized spacial score (nSPS) is 11.9. The van der Waals surface area contributed by atoms with Gasteiger partial charge < -0.3 is 14.7 Å². The van der Waals surface area contributed by atoms with Gasteiger partial charge in [0.15, 0.2) is 0 Å². The van der Waals surface area contributed by atoms with E-state index in [-0.39, 0.29) is 6.71 Å². The molecule has 0 amide bonds. The van der Waals surface area contributed by atoms with Crippen LogP contribution in [0, 0.1) is 11.3 Å². The van der Waals surface area contributed by atoms with Gasteiger partial charge in [-0.2, -0.15) is 5.26 Å². The van der Waals surface area contributed by atoms with E-state index < -0.39 is 0 Å². The molecule has 0 spiro atoms. The minimum atomic E-state index is -0.225. The molecule has 0 atom stereocenters. The average Bonchev–Trinajstić information content (AvgIpc) is 0.725. The van der Waals surface area contributed by atoms with Crippen LogP contribution in [0.15, 0.2) is 346 Å². The topological polar surface area (TPSA) is 33.5 Å². The zero-order valence-electron chi connectivity index (χ0n) is 49.3. The van der Waals surface area contributed by atoms with Crippen molar-refractivity contribution in [2.45, 2.75) is 0 Å². The van der Waals surface area contributed by atoms with Crippen LogP contribution in [0.2, 0.25) is 0 Å². The fraction of sp³-hybridized carbons (Fsp3) is 0. The first-order valence-corrected chi connectivity index (χ1v) is 30.7. The highest BCUT2D eigenvalue weighted by atomic mass is 15.2. The van der Waals surface area contributed by atoms with Crippen LogP contribution in [0.25, 0.3) is 77.9 Å². The van der Waals surface area contributed by atoms with Crippen molar-refractivity contribution in [3.8, 4) is 84.0 Å². The van der Waals surface area contributed by atoms with Crippen LogP contribution < -0.4 is 31.1 Å². The van der Waals surface area contributed by atoms with Gasteiger partial charge in [-0.15, -0.1) is 0 Å². The van der Waals surface area contributed by atoms with E-state index in [1.54, 1.807) is 0 Å². The molecule has 0 bridgehead atoms. The molecular formula is C85H57BN4. The lowest BCUT2D eigenvalue weighted by Crippen LogP contribution is -2.61. The summed E-state index contributed by atoms with van der Waals surface area (Å²) in [5, 5.41) is 10.6. The monoisotopic (exact) mass is 1140 g/mol.